The van der Waals surface area contributed by atoms with Gasteiger partial charge in [-0.3, -0.25) is 34.7 Å². The maximum Gasteiger partial charge on any atom is 2.00 e. The average Bonchev–Trinajstić information content (AvgIpc) is 3.95. The Morgan fingerprint density at radius 2 is 1.07 bits per heavy atom. The smallest absolute Gasteiger partial charge is 0.753 e. The Labute approximate surface area is 428 Å². The number of aromatic nitrogens is 4. The second kappa shape index (κ2) is 23.1. The Morgan fingerprint density at radius 3 is 1.66 bits per heavy atom. The van der Waals surface area contributed by atoms with Crippen molar-refractivity contribution in [1.82, 2.24) is 19.9 Å². The third-order valence-corrected chi connectivity index (χ3v) is 10.4. The minimum absolute atomic E-state index is 0. The van der Waals surface area contributed by atoms with Crippen molar-refractivity contribution in [3.8, 4) is 40.0 Å². The van der Waals surface area contributed by atoms with Crippen LogP contribution in [0.5, 0.6) is 17.2 Å². The first-order valence-electron chi connectivity index (χ1n) is 20.9. The SMILES string of the molecule is N=C(/C=C(\[NH-])c1cc(N(c2ccc3c(c2)oc2ccccc23)c2ccc3oc4ccccc4c3c2)ccn1)C(F)(F)F.O=COc1ccnc(-c2cc(OC=O)cc(-c3cc(OC=O)ccn3)n2)c1.[N-]=C=S.[Ru+2]. The van der Waals surface area contributed by atoms with Crippen molar-refractivity contribution in [3.63, 3.8) is 0 Å². The number of furan rings is 2. The topological polar surface area (TPSA) is 230 Å². The number of nitrogens with zero attached hydrogens (tertiary/aromatic N) is 6. The number of anilines is 3. The number of isothiocyanates is 1. The van der Waals surface area contributed by atoms with E-state index in [1.54, 1.807) is 6.07 Å². The minimum atomic E-state index is -4.86. The molecule has 21 heteroatoms. The summed E-state index contributed by atoms with van der Waals surface area (Å²) in [4.78, 5) is 50.7. The number of allylic oxidation sites excluding steroid dienone is 1. The van der Waals surface area contributed by atoms with Crippen molar-refractivity contribution in [2.24, 2.45) is 0 Å². The fourth-order valence-corrected chi connectivity index (χ4v) is 7.41. The van der Waals surface area contributed by atoms with Gasteiger partial charge in [-0.05, 0) is 72.8 Å². The van der Waals surface area contributed by atoms with Gasteiger partial charge in [0.1, 0.15) is 45.3 Å². The van der Waals surface area contributed by atoms with Crippen LogP contribution in [0.15, 0.2) is 167 Å². The molecule has 0 spiro atoms. The molecule has 0 saturated carbocycles. The number of benzene rings is 4. The molecule has 0 atom stereocenters. The summed E-state index contributed by atoms with van der Waals surface area (Å²) in [5.41, 5.74) is 12.5. The molecule has 10 aromatic rings. The number of pyridine rings is 4. The quantitative estimate of drug-likeness (QED) is 0.0490. The molecule has 0 aliphatic rings. The van der Waals surface area contributed by atoms with E-state index in [0.717, 1.165) is 44.1 Å². The molecule has 0 aliphatic heterocycles. The van der Waals surface area contributed by atoms with Crippen molar-refractivity contribution < 1.29 is 70.1 Å². The van der Waals surface area contributed by atoms with Crippen LogP contribution < -0.4 is 19.1 Å². The van der Waals surface area contributed by atoms with E-state index in [2.05, 4.69) is 32.2 Å². The van der Waals surface area contributed by atoms with Crippen molar-refractivity contribution in [2.75, 3.05) is 4.90 Å². The molecule has 0 fully saturated rings. The van der Waals surface area contributed by atoms with E-state index in [9.17, 15) is 27.6 Å². The number of para-hydroxylation sites is 2. The van der Waals surface area contributed by atoms with Crippen LogP contribution in [0.3, 0.4) is 0 Å². The molecule has 6 aromatic heterocycles. The van der Waals surface area contributed by atoms with Gasteiger partial charge in [0.25, 0.3) is 19.4 Å². The van der Waals surface area contributed by atoms with Gasteiger partial charge in [0, 0.05) is 93.2 Å². The van der Waals surface area contributed by atoms with Gasteiger partial charge in [-0.25, -0.2) is 4.98 Å². The van der Waals surface area contributed by atoms with Gasteiger partial charge in [0.05, 0.1) is 22.8 Å². The van der Waals surface area contributed by atoms with Crippen LogP contribution in [0.1, 0.15) is 5.69 Å². The number of thiocarbonyl (C=S) groups is 1. The Hall–Kier alpha value is -9.29. The van der Waals surface area contributed by atoms with Gasteiger partial charge in [0.2, 0.25) is 0 Å². The van der Waals surface area contributed by atoms with Gasteiger partial charge in [-0.1, -0.05) is 48.6 Å². The largest absolute Gasteiger partial charge is 2.00 e. The second-order valence-corrected chi connectivity index (χ2v) is 15.0. The predicted molar refractivity (Wildman–Crippen MR) is 266 cm³/mol. The van der Waals surface area contributed by atoms with E-state index in [4.69, 9.17) is 39.6 Å². The average molecular weight is 1090 g/mol. The van der Waals surface area contributed by atoms with Crippen LogP contribution in [0, 0.1) is 5.41 Å². The minimum Gasteiger partial charge on any atom is -0.753 e. The van der Waals surface area contributed by atoms with E-state index >= 15 is 0 Å². The predicted octanol–water partition coefficient (Wildman–Crippen LogP) is 12.8. The van der Waals surface area contributed by atoms with Crippen LogP contribution in [0.25, 0.3) is 83.5 Å². The molecule has 73 heavy (non-hydrogen) atoms. The number of halogens is 3. The van der Waals surface area contributed by atoms with Crippen molar-refractivity contribution in [3.05, 3.63) is 175 Å². The maximum absolute atomic E-state index is 13.0. The number of hydrogen-bond acceptors (Lipinski definition) is 15. The molecule has 6 heterocycles. The molecule has 0 aliphatic carbocycles. The molecule has 0 unspecified atom stereocenters. The monoisotopic (exact) mass is 1090 g/mol. The Kier molecular flexibility index (Phi) is 16.3. The molecule has 362 valence electrons. The number of carbonyl (C=O) groups is 3. The van der Waals surface area contributed by atoms with Crippen LogP contribution in [-0.2, 0) is 33.9 Å². The zero-order chi connectivity index (χ0) is 50.8. The Balaban J connectivity index is 0.000000218. The van der Waals surface area contributed by atoms with Gasteiger partial charge in [0.15, 0.2) is 0 Å². The summed E-state index contributed by atoms with van der Waals surface area (Å²) in [7, 11) is 0. The standard InChI is InChI=1S/C33H20F3N4O2.C18H11N3O6.CNS.Ru/c34-33(35,36)32(38)18-26(37)27-16-21(13-14-39-27)40(19-10-12-30-25(15-19)23-6-2-4-8-29(23)41-30)20-9-11-24-22-5-1-3-7-28(22)42-31(24)17-20;22-9-25-12-1-3-19-15(5-12)17-7-14(27-11-24)8-18(21-17)16-6-13(26-10-23)2-4-20-16;2-1-3;/h1-18,37-38H;1-11H;;/q-1;;-1;+2/b26-18-,38-32?;;;. The van der Waals surface area contributed by atoms with E-state index in [0.29, 0.717) is 58.6 Å². The van der Waals surface area contributed by atoms with E-state index in [-0.39, 0.29) is 48.9 Å². The number of alkyl halides is 3. The third-order valence-electron chi connectivity index (χ3n) is 10.4. The number of ether oxygens (including phenoxy) is 3. The summed E-state index contributed by atoms with van der Waals surface area (Å²) in [6.07, 6.45) is -0.0802. The van der Waals surface area contributed by atoms with Gasteiger partial charge < -0.3 is 39.1 Å². The van der Waals surface area contributed by atoms with E-state index in [1.165, 1.54) is 66.2 Å². The fraction of sp³-hybridized carbons (Fsp3) is 0.0192. The molecule has 10 rings (SSSR count). The first-order valence-corrected chi connectivity index (χ1v) is 21.3. The first kappa shape index (κ1) is 51.6. The molecule has 2 N–H and O–H groups in total. The van der Waals surface area contributed by atoms with E-state index in [1.807, 2.05) is 89.8 Å². The van der Waals surface area contributed by atoms with Gasteiger partial charge in [-0.15, -0.1) is 5.70 Å². The molecular weight excluding hydrogens is 1050 g/mol. The molecular formula is C52H31F3N8O8RuS. The zero-order valence-electron chi connectivity index (χ0n) is 37.1. The second-order valence-electron chi connectivity index (χ2n) is 14.8. The number of rotatable bonds is 13. The fourth-order valence-electron chi connectivity index (χ4n) is 7.41. The summed E-state index contributed by atoms with van der Waals surface area (Å²) in [6, 6.07) is 39.3. The molecule has 0 amide bonds. The summed E-state index contributed by atoms with van der Waals surface area (Å²) < 4.78 is 65.7. The Morgan fingerprint density at radius 1 is 0.603 bits per heavy atom. The number of nitrogens with one attached hydrogen (secondary N) is 2. The van der Waals surface area contributed by atoms with Crippen molar-refractivity contribution in [1.29, 1.82) is 5.41 Å². The number of fused-ring (bicyclic) bond motifs is 6. The summed E-state index contributed by atoms with van der Waals surface area (Å²) in [5, 5.41) is 19.5. The van der Waals surface area contributed by atoms with Gasteiger partial charge >= 0.3 is 25.7 Å². The van der Waals surface area contributed by atoms with Crippen LogP contribution in [0.4, 0.5) is 30.2 Å². The third kappa shape index (κ3) is 11.8. The van der Waals surface area contributed by atoms with Gasteiger partial charge in [-0.2, -0.15) is 18.3 Å². The van der Waals surface area contributed by atoms with E-state index < -0.39 is 17.6 Å². The normalized spacial score (nSPS) is 11.0. The summed E-state index contributed by atoms with van der Waals surface area (Å²) in [5.74, 6) is 0.760. The first-order chi connectivity index (χ1) is 34.9. The number of carbonyl (C=O) groups excluding carboxylic acids is 3. The Bertz CT molecular complexity index is 3680. The number of hydrogen-bond donors (Lipinski definition) is 1. The zero-order valence-corrected chi connectivity index (χ0v) is 39.6. The maximum atomic E-state index is 13.0. The molecule has 0 bridgehead atoms. The van der Waals surface area contributed by atoms with Crippen LogP contribution in [0.2, 0.25) is 0 Å². The van der Waals surface area contributed by atoms with Crippen molar-refractivity contribution in [2.45, 2.75) is 6.18 Å². The molecule has 0 radical (unpaired) electrons. The van der Waals surface area contributed by atoms with Crippen LogP contribution >= 0.6 is 12.2 Å². The molecule has 4 aromatic carbocycles. The van der Waals surface area contributed by atoms with Crippen LogP contribution in [-0.4, -0.2) is 56.4 Å². The van der Waals surface area contributed by atoms with Crippen molar-refractivity contribution >= 4 is 109 Å². The summed E-state index contributed by atoms with van der Waals surface area (Å²) >= 11 is 3.70. The molecule has 0 saturated heterocycles. The summed E-state index contributed by atoms with van der Waals surface area (Å²) in [6.45, 7) is 0.875. The molecule has 16 nitrogen and oxygen atoms in total.